The minimum atomic E-state index is -2.16. The molecule has 0 bridgehead atoms. The second-order valence-electron chi connectivity index (χ2n) is 1.55. The quantitative estimate of drug-likeness (QED) is 0.464. The molecule has 1 rings (SSSR count). The first-order valence-corrected chi connectivity index (χ1v) is 2.31. The molecule has 0 spiro atoms. The minimum absolute atomic E-state index is 0.556. The van der Waals surface area contributed by atoms with Crippen LogP contribution in [0.1, 0.15) is 0 Å². The van der Waals surface area contributed by atoms with Gasteiger partial charge in [0.15, 0.2) is 0 Å². The van der Waals surface area contributed by atoms with Crippen LogP contribution in [0.25, 0.3) is 0 Å². The zero-order chi connectivity index (χ0) is 6.85. The number of ether oxygens (including phenoxy) is 2. The van der Waals surface area contributed by atoms with Gasteiger partial charge in [0.1, 0.15) is 6.61 Å². The summed E-state index contributed by atoms with van der Waals surface area (Å²) in [5.74, 6) is 0. The molecule has 0 aliphatic carbocycles. The Morgan fingerprint density at radius 1 is 1.56 bits per heavy atom. The molecule has 2 atom stereocenters. The zero-order valence-corrected chi connectivity index (χ0v) is 4.34. The van der Waals surface area contributed by atoms with Crippen molar-refractivity contribution in [2.24, 2.45) is 0 Å². The van der Waals surface area contributed by atoms with Gasteiger partial charge < -0.3 is 9.47 Å². The summed E-state index contributed by atoms with van der Waals surface area (Å²) < 4.78 is 31.6. The van der Waals surface area contributed by atoms with Gasteiger partial charge in [0, 0.05) is 0 Å². The molecule has 0 unspecified atom stereocenters. The van der Waals surface area contributed by atoms with E-state index in [2.05, 4.69) is 9.47 Å². The molecule has 0 aromatic rings. The highest BCUT2D eigenvalue weighted by molar-refractivity contribution is 5.60. The number of carbonyl (C=O) groups excluding carboxylic acids is 1. The SMILES string of the molecule is O=C1OC[C@H](F)[C@H](F)O1. The third-order valence-electron chi connectivity index (χ3n) is 0.854. The van der Waals surface area contributed by atoms with Crippen LogP contribution in [0.4, 0.5) is 13.6 Å². The van der Waals surface area contributed by atoms with Crippen LogP contribution in [0.15, 0.2) is 0 Å². The molecule has 0 amide bonds. The van der Waals surface area contributed by atoms with E-state index in [1.807, 2.05) is 0 Å². The van der Waals surface area contributed by atoms with Crippen molar-refractivity contribution in [3.63, 3.8) is 0 Å². The third kappa shape index (κ3) is 1.28. The predicted octanol–water partition coefficient (Wildman–Crippen LogP) is 0.787. The smallest absolute Gasteiger partial charge is 0.431 e. The van der Waals surface area contributed by atoms with E-state index in [4.69, 9.17) is 0 Å². The Hall–Kier alpha value is -0.870. The number of halogens is 2. The maximum atomic E-state index is 12.0. The summed E-state index contributed by atoms with van der Waals surface area (Å²) in [4.78, 5) is 9.97. The highest BCUT2D eigenvalue weighted by Gasteiger charge is 2.31. The van der Waals surface area contributed by atoms with Gasteiger partial charge in [-0.25, -0.2) is 9.18 Å². The summed E-state index contributed by atoms with van der Waals surface area (Å²) in [6, 6.07) is 0. The number of hydrogen-bond donors (Lipinski definition) is 0. The molecule has 0 radical (unpaired) electrons. The van der Waals surface area contributed by atoms with Crippen molar-refractivity contribution in [2.75, 3.05) is 6.61 Å². The molecular formula is C4H4F2O3. The molecule has 0 N–H and O–H groups in total. The van der Waals surface area contributed by atoms with Crippen molar-refractivity contribution in [1.82, 2.24) is 0 Å². The van der Waals surface area contributed by atoms with Crippen LogP contribution >= 0.6 is 0 Å². The summed E-state index contributed by atoms with van der Waals surface area (Å²) in [6.07, 6.45) is -5.16. The zero-order valence-electron chi connectivity index (χ0n) is 4.34. The topological polar surface area (TPSA) is 35.5 Å². The largest absolute Gasteiger partial charge is 0.511 e. The molecule has 0 saturated carbocycles. The highest BCUT2D eigenvalue weighted by atomic mass is 19.2. The molecule has 1 saturated heterocycles. The highest BCUT2D eigenvalue weighted by Crippen LogP contribution is 2.12. The standard InChI is InChI=1S/C4H4F2O3/c5-2-1-8-4(7)9-3(2)6/h2-3H,1H2/t2-,3+/m0/s1. The van der Waals surface area contributed by atoms with Gasteiger partial charge in [-0.05, 0) is 0 Å². The molecule has 1 aliphatic rings. The number of alkyl halides is 2. The minimum Gasteiger partial charge on any atom is -0.431 e. The van der Waals surface area contributed by atoms with Gasteiger partial charge in [-0.1, -0.05) is 0 Å². The van der Waals surface area contributed by atoms with E-state index in [-0.39, 0.29) is 0 Å². The van der Waals surface area contributed by atoms with Crippen LogP contribution in [0.3, 0.4) is 0 Å². The maximum Gasteiger partial charge on any atom is 0.511 e. The molecule has 3 nitrogen and oxygen atoms in total. The van der Waals surface area contributed by atoms with E-state index in [9.17, 15) is 13.6 Å². The summed E-state index contributed by atoms with van der Waals surface area (Å²) in [7, 11) is 0. The molecule has 5 heteroatoms. The van der Waals surface area contributed by atoms with E-state index in [1.165, 1.54) is 0 Å². The molecule has 0 aromatic carbocycles. The number of carbonyl (C=O) groups is 1. The van der Waals surface area contributed by atoms with Gasteiger partial charge in [-0.2, -0.15) is 4.39 Å². The lowest BCUT2D eigenvalue weighted by Gasteiger charge is -2.18. The molecule has 52 valence electrons. The molecule has 1 aliphatic heterocycles. The number of hydrogen-bond acceptors (Lipinski definition) is 3. The van der Waals surface area contributed by atoms with E-state index < -0.39 is 25.3 Å². The van der Waals surface area contributed by atoms with E-state index in [0.717, 1.165) is 0 Å². The molecule has 9 heavy (non-hydrogen) atoms. The average molecular weight is 138 g/mol. The average Bonchev–Trinajstić information content (AvgIpc) is 1.80. The Morgan fingerprint density at radius 2 is 2.22 bits per heavy atom. The van der Waals surface area contributed by atoms with Crippen molar-refractivity contribution in [2.45, 2.75) is 12.5 Å². The lowest BCUT2D eigenvalue weighted by Crippen LogP contribution is -2.35. The monoisotopic (exact) mass is 138 g/mol. The second-order valence-corrected chi connectivity index (χ2v) is 1.55. The van der Waals surface area contributed by atoms with Crippen LogP contribution in [-0.2, 0) is 9.47 Å². The molecular weight excluding hydrogens is 134 g/mol. The van der Waals surface area contributed by atoms with Crippen LogP contribution in [-0.4, -0.2) is 25.3 Å². The van der Waals surface area contributed by atoms with Gasteiger partial charge in [-0.15, -0.1) is 0 Å². The summed E-state index contributed by atoms with van der Waals surface area (Å²) in [5.41, 5.74) is 0. The summed E-state index contributed by atoms with van der Waals surface area (Å²) >= 11 is 0. The first-order chi connectivity index (χ1) is 4.20. The first kappa shape index (κ1) is 6.25. The molecule has 0 aromatic heterocycles. The van der Waals surface area contributed by atoms with Crippen LogP contribution < -0.4 is 0 Å². The van der Waals surface area contributed by atoms with Crippen LogP contribution in [0.5, 0.6) is 0 Å². The summed E-state index contributed by atoms with van der Waals surface area (Å²) in [6.45, 7) is -0.556. The van der Waals surface area contributed by atoms with Crippen molar-refractivity contribution >= 4 is 6.16 Å². The lowest BCUT2D eigenvalue weighted by molar-refractivity contribution is -0.122. The Kier molecular flexibility index (Phi) is 1.50. The molecule has 1 heterocycles. The first-order valence-electron chi connectivity index (χ1n) is 2.31. The maximum absolute atomic E-state index is 12.0. The van der Waals surface area contributed by atoms with Gasteiger partial charge in [0.05, 0.1) is 0 Å². The predicted molar refractivity (Wildman–Crippen MR) is 22.2 cm³/mol. The number of cyclic esters (lactones) is 2. The lowest BCUT2D eigenvalue weighted by atomic mass is 10.4. The third-order valence-corrected chi connectivity index (χ3v) is 0.854. The van der Waals surface area contributed by atoms with Gasteiger partial charge >= 0.3 is 6.16 Å². The van der Waals surface area contributed by atoms with Gasteiger partial charge in [-0.3, -0.25) is 0 Å². The van der Waals surface area contributed by atoms with Crippen molar-refractivity contribution < 1.29 is 23.0 Å². The van der Waals surface area contributed by atoms with Gasteiger partial charge in [0.25, 0.3) is 6.36 Å². The Morgan fingerprint density at radius 3 is 2.67 bits per heavy atom. The van der Waals surface area contributed by atoms with E-state index in [0.29, 0.717) is 0 Å². The summed E-state index contributed by atoms with van der Waals surface area (Å²) in [5, 5.41) is 0. The second kappa shape index (κ2) is 2.16. The normalized spacial score (nSPS) is 35.1. The van der Waals surface area contributed by atoms with E-state index in [1.54, 1.807) is 0 Å². The van der Waals surface area contributed by atoms with Crippen LogP contribution in [0.2, 0.25) is 0 Å². The Balaban J connectivity index is 2.44. The fraction of sp³-hybridized carbons (Fsp3) is 0.750. The molecule has 1 fully saturated rings. The Bertz CT molecular complexity index is 127. The van der Waals surface area contributed by atoms with Crippen molar-refractivity contribution in [3.8, 4) is 0 Å². The fourth-order valence-corrected chi connectivity index (χ4v) is 0.423. The van der Waals surface area contributed by atoms with Crippen molar-refractivity contribution in [3.05, 3.63) is 0 Å². The van der Waals surface area contributed by atoms with E-state index >= 15 is 0 Å². The van der Waals surface area contributed by atoms with Crippen LogP contribution in [0, 0.1) is 0 Å². The Labute approximate surface area is 49.5 Å². The van der Waals surface area contributed by atoms with Crippen molar-refractivity contribution in [1.29, 1.82) is 0 Å². The number of rotatable bonds is 0. The fourth-order valence-electron chi connectivity index (χ4n) is 0.423. The van der Waals surface area contributed by atoms with Gasteiger partial charge in [0.2, 0.25) is 6.17 Å².